The van der Waals surface area contributed by atoms with Crippen LogP contribution in [0.1, 0.15) is 24.1 Å². The largest absolute Gasteiger partial charge is 0.298 e. The van der Waals surface area contributed by atoms with Crippen LogP contribution in [-0.2, 0) is 15.9 Å². The van der Waals surface area contributed by atoms with Gasteiger partial charge in [-0.25, -0.2) is 8.42 Å². The zero-order valence-corrected chi connectivity index (χ0v) is 13.7. The number of sulfonamides is 1. The van der Waals surface area contributed by atoms with Crippen LogP contribution in [-0.4, -0.2) is 49.8 Å². The van der Waals surface area contributed by atoms with Gasteiger partial charge in [0.25, 0.3) is 0 Å². The Morgan fingerprint density at radius 2 is 2.15 bits per heavy atom. The van der Waals surface area contributed by atoms with Crippen molar-refractivity contribution < 1.29 is 8.42 Å². The number of hydrogen-bond acceptors (Lipinski definition) is 4. The van der Waals surface area contributed by atoms with E-state index >= 15 is 0 Å². The second-order valence-electron chi connectivity index (χ2n) is 5.39. The van der Waals surface area contributed by atoms with Crippen LogP contribution >= 0.6 is 22.9 Å². The lowest BCUT2D eigenvalue weighted by atomic mass is 10.0. The van der Waals surface area contributed by atoms with Crippen molar-refractivity contribution in [2.24, 2.45) is 0 Å². The summed E-state index contributed by atoms with van der Waals surface area (Å²) >= 11 is 7.26. The van der Waals surface area contributed by atoms with Gasteiger partial charge in [-0.2, -0.15) is 4.31 Å². The molecule has 112 valence electrons. The number of rotatable bonds is 3. The monoisotopic (exact) mass is 334 g/mol. The molecule has 1 aromatic heterocycles. The number of piperidine rings is 1. The van der Waals surface area contributed by atoms with E-state index in [4.69, 9.17) is 11.6 Å². The fourth-order valence-corrected chi connectivity index (χ4v) is 6.28. The lowest BCUT2D eigenvalue weighted by Gasteiger charge is -2.43. The fraction of sp³-hybridized carbons (Fsp3) is 0.692. The summed E-state index contributed by atoms with van der Waals surface area (Å²) in [5, 5.41) is 1.81. The van der Waals surface area contributed by atoms with Crippen LogP contribution in [0.2, 0.25) is 0 Å². The highest BCUT2D eigenvalue weighted by atomic mass is 35.5. The van der Waals surface area contributed by atoms with E-state index in [0.717, 1.165) is 24.4 Å². The van der Waals surface area contributed by atoms with Gasteiger partial charge < -0.3 is 0 Å². The van der Waals surface area contributed by atoms with E-state index in [-0.39, 0.29) is 5.88 Å². The molecular formula is C13H19ClN2O2S2. The second-order valence-corrected chi connectivity index (χ2v) is 8.56. The second kappa shape index (κ2) is 5.93. The number of alkyl halides is 1. The average molecular weight is 335 g/mol. The van der Waals surface area contributed by atoms with Gasteiger partial charge in [-0.15, -0.1) is 22.9 Å². The van der Waals surface area contributed by atoms with Gasteiger partial charge in [-0.05, 0) is 30.8 Å². The quantitative estimate of drug-likeness (QED) is 0.797. The first-order valence-electron chi connectivity index (χ1n) is 6.99. The topological polar surface area (TPSA) is 40.6 Å². The molecule has 0 amide bonds. The highest BCUT2D eigenvalue weighted by Gasteiger charge is 2.36. The first-order chi connectivity index (χ1) is 9.63. The smallest absolute Gasteiger partial charge is 0.244 e. The number of thiophene rings is 1. The van der Waals surface area contributed by atoms with Gasteiger partial charge >= 0.3 is 0 Å². The van der Waals surface area contributed by atoms with Crippen molar-refractivity contribution >= 4 is 33.0 Å². The van der Waals surface area contributed by atoms with E-state index in [2.05, 4.69) is 4.90 Å². The molecule has 2 saturated heterocycles. The molecule has 0 radical (unpaired) electrons. The van der Waals surface area contributed by atoms with E-state index in [1.54, 1.807) is 10.4 Å². The molecule has 0 aromatic carbocycles. The Morgan fingerprint density at radius 1 is 1.30 bits per heavy atom. The summed E-state index contributed by atoms with van der Waals surface area (Å²) in [5.41, 5.74) is 0. The van der Waals surface area contributed by atoms with Crippen molar-refractivity contribution in [2.45, 2.75) is 36.1 Å². The summed E-state index contributed by atoms with van der Waals surface area (Å²) in [6, 6.07) is 2.08. The summed E-state index contributed by atoms with van der Waals surface area (Å²) in [7, 11) is -3.38. The van der Waals surface area contributed by atoms with Gasteiger partial charge in [0.2, 0.25) is 10.0 Å². The Balaban J connectivity index is 1.82. The highest BCUT2D eigenvalue weighted by molar-refractivity contribution is 7.89. The van der Waals surface area contributed by atoms with Crippen molar-refractivity contribution in [3.05, 3.63) is 16.3 Å². The zero-order chi connectivity index (χ0) is 14.2. The predicted octanol–water partition coefficient (Wildman–Crippen LogP) is 2.35. The normalized spacial score (nSPS) is 25.6. The predicted molar refractivity (Wildman–Crippen MR) is 81.8 cm³/mol. The zero-order valence-electron chi connectivity index (χ0n) is 11.3. The van der Waals surface area contributed by atoms with Crippen LogP contribution in [0.15, 0.2) is 16.3 Å². The van der Waals surface area contributed by atoms with Crippen molar-refractivity contribution in [3.63, 3.8) is 0 Å². The molecule has 3 rings (SSSR count). The van der Waals surface area contributed by atoms with E-state index in [9.17, 15) is 8.42 Å². The average Bonchev–Trinajstić information content (AvgIpc) is 2.96. The van der Waals surface area contributed by atoms with Gasteiger partial charge in [-0.1, -0.05) is 6.42 Å². The number of fused-ring (bicyclic) bond motifs is 1. The summed E-state index contributed by atoms with van der Waals surface area (Å²) in [6.45, 7) is 3.19. The van der Waals surface area contributed by atoms with Gasteiger partial charge in [0.05, 0.1) is 10.8 Å². The highest BCUT2D eigenvalue weighted by Crippen LogP contribution is 2.29. The molecule has 3 heterocycles. The summed E-state index contributed by atoms with van der Waals surface area (Å²) in [4.78, 5) is 3.59. The van der Waals surface area contributed by atoms with Gasteiger partial charge in [0.1, 0.15) is 0 Å². The molecule has 2 fully saturated rings. The summed E-state index contributed by atoms with van der Waals surface area (Å²) < 4.78 is 27.2. The number of hydrogen-bond donors (Lipinski definition) is 0. The third kappa shape index (κ3) is 2.64. The molecule has 20 heavy (non-hydrogen) atoms. The van der Waals surface area contributed by atoms with Gasteiger partial charge in [0, 0.05) is 30.6 Å². The van der Waals surface area contributed by atoms with E-state index in [1.165, 1.54) is 24.2 Å². The fourth-order valence-electron chi connectivity index (χ4n) is 3.14. The van der Waals surface area contributed by atoms with Gasteiger partial charge in [-0.3, -0.25) is 4.90 Å². The molecule has 2 aliphatic heterocycles. The molecule has 0 spiro atoms. The van der Waals surface area contributed by atoms with Crippen molar-refractivity contribution in [1.82, 2.24) is 9.21 Å². The Morgan fingerprint density at radius 3 is 2.95 bits per heavy atom. The van der Waals surface area contributed by atoms with Crippen LogP contribution < -0.4 is 0 Å². The molecule has 0 N–H and O–H groups in total. The maximum atomic E-state index is 12.8. The number of piperazine rings is 1. The van der Waals surface area contributed by atoms with Crippen LogP contribution in [0.4, 0.5) is 0 Å². The van der Waals surface area contributed by atoms with Crippen molar-refractivity contribution in [3.8, 4) is 0 Å². The Kier molecular flexibility index (Phi) is 4.38. The SMILES string of the molecule is O=S(=O)(c1ccsc1CCl)N1CCN2CCCCC2C1. The molecule has 1 atom stereocenters. The molecule has 7 heteroatoms. The van der Waals surface area contributed by atoms with E-state index in [0.29, 0.717) is 24.0 Å². The lowest BCUT2D eigenvalue weighted by molar-refractivity contribution is 0.0851. The Hall–Kier alpha value is -0.140. The molecule has 2 aliphatic rings. The van der Waals surface area contributed by atoms with Crippen LogP contribution in [0.25, 0.3) is 0 Å². The Bertz CT molecular complexity index is 573. The molecule has 0 saturated carbocycles. The lowest BCUT2D eigenvalue weighted by Crippen LogP contribution is -2.56. The van der Waals surface area contributed by atoms with E-state index < -0.39 is 10.0 Å². The Labute approximate surface area is 129 Å². The molecule has 1 aromatic rings. The molecule has 0 aliphatic carbocycles. The van der Waals surface area contributed by atoms with Crippen molar-refractivity contribution in [1.29, 1.82) is 0 Å². The maximum absolute atomic E-state index is 12.8. The van der Waals surface area contributed by atoms with Crippen LogP contribution in [0, 0.1) is 0 Å². The maximum Gasteiger partial charge on any atom is 0.244 e. The summed E-state index contributed by atoms with van der Waals surface area (Å²) in [6.07, 6.45) is 3.56. The first-order valence-corrected chi connectivity index (χ1v) is 9.85. The van der Waals surface area contributed by atoms with Crippen molar-refractivity contribution in [2.75, 3.05) is 26.2 Å². The molecular weight excluding hydrogens is 316 g/mol. The third-order valence-corrected chi connectivity index (χ3v) is 7.67. The minimum absolute atomic E-state index is 0.260. The third-order valence-electron chi connectivity index (χ3n) is 4.24. The van der Waals surface area contributed by atoms with Crippen LogP contribution in [0.5, 0.6) is 0 Å². The summed E-state index contributed by atoms with van der Waals surface area (Å²) in [5.74, 6) is 0.260. The first kappa shape index (κ1) is 14.8. The number of halogens is 1. The van der Waals surface area contributed by atoms with Gasteiger partial charge in [0.15, 0.2) is 0 Å². The minimum Gasteiger partial charge on any atom is -0.298 e. The molecule has 4 nitrogen and oxygen atoms in total. The minimum atomic E-state index is -3.38. The standard InChI is InChI=1S/C13H19ClN2O2S2/c14-9-12-13(4-8-19-12)20(17,18)16-7-6-15-5-2-1-3-11(15)10-16/h4,8,11H,1-3,5-7,9-10H2. The van der Waals surface area contributed by atoms with Crippen LogP contribution in [0.3, 0.4) is 0 Å². The molecule has 0 bridgehead atoms. The molecule has 1 unspecified atom stereocenters. The number of nitrogens with zero attached hydrogens (tertiary/aromatic N) is 2. The van der Waals surface area contributed by atoms with E-state index in [1.807, 2.05) is 5.38 Å².